The van der Waals surface area contributed by atoms with Gasteiger partial charge in [0.1, 0.15) is 0 Å². The van der Waals surface area contributed by atoms with Crippen molar-refractivity contribution in [3.05, 3.63) is 59.4 Å². The number of pyridine rings is 1. The molecule has 0 saturated carbocycles. The molecular weight excluding hydrogens is 210 g/mol. The zero-order valence-corrected chi connectivity index (χ0v) is 9.93. The third-order valence-electron chi connectivity index (χ3n) is 2.94. The third kappa shape index (κ3) is 2.63. The predicted molar refractivity (Wildman–Crippen MR) is 70.5 cm³/mol. The van der Waals surface area contributed by atoms with Crippen molar-refractivity contribution in [2.75, 3.05) is 5.73 Å². The number of para-hydroxylation sites is 1. The van der Waals surface area contributed by atoms with E-state index in [1.807, 2.05) is 43.5 Å². The zero-order chi connectivity index (χ0) is 12.3. The Bertz CT molecular complexity index is 494. The molecule has 1 aromatic heterocycles. The molecule has 1 heterocycles. The smallest absolute Gasteiger partial charge is 0.0392 e. The Balaban J connectivity index is 2.20. The molecule has 2 rings (SSSR count). The van der Waals surface area contributed by atoms with Crippen molar-refractivity contribution in [1.82, 2.24) is 4.98 Å². The molecule has 1 unspecified atom stereocenters. The highest BCUT2D eigenvalue weighted by atomic mass is 14.7. The second-order valence-corrected chi connectivity index (χ2v) is 4.25. The van der Waals surface area contributed by atoms with Crippen molar-refractivity contribution in [3.63, 3.8) is 0 Å². The van der Waals surface area contributed by atoms with E-state index in [4.69, 9.17) is 11.5 Å². The second-order valence-electron chi connectivity index (χ2n) is 4.25. The van der Waals surface area contributed by atoms with Crippen molar-refractivity contribution in [3.8, 4) is 0 Å². The molecule has 0 aliphatic heterocycles. The maximum Gasteiger partial charge on any atom is 0.0392 e. The van der Waals surface area contributed by atoms with Crippen LogP contribution in [0.25, 0.3) is 0 Å². The van der Waals surface area contributed by atoms with Crippen LogP contribution in [-0.4, -0.2) is 4.98 Å². The van der Waals surface area contributed by atoms with Crippen LogP contribution in [-0.2, 0) is 6.42 Å². The van der Waals surface area contributed by atoms with Crippen molar-refractivity contribution in [1.29, 1.82) is 0 Å². The summed E-state index contributed by atoms with van der Waals surface area (Å²) >= 11 is 0. The van der Waals surface area contributed by atoms with Crippen LogP contribution in [0.4, 0.5) is 5.69 Å². The highest BCUT2D eigenvalue weighted by Crippen LogP contribution is 2.24. The number of nitrogens with two attached hydrogens (primary N) is 2. The average Bonchev–Trinajstić information content (AvgIpc) is 2.34. The summed E-state index contributed by atoms with van der Waals surface area (Å²) in [4.78, 5) is 4.08. The van der Waals surface area contributed by atoms with Gasteiger partial charge in [0.05, 0.1) is 0 Å². The van der Waals surface area contributed by atoms with Gasteiger partial charge in [-0.15, -0.1) is 0 Å². The lowest BCUT2D eigenvalue weighted by Gasteiger charge is -2.15. The normalized spacial score (nSPS) is 12.4. The summed E-state index contributed by atoms with van der Waals surface area (Å²) in [7, 11) is 0. The van der Waals surface area contributed by atoms with E-state index < -0.39 is 0 Å². The number of aromatic nitrogens is 1. The summed E-state index contributed by atoms with van der Waals surface area (Å²) in [5, 5.41) is 0. The van der Waals surface area contributed by atoms with Crippen LogP contribution < -0.4 is 11.5 Å². The lowest BCUT2D eigenvalue weighted by atomic mass is 9.97. The first-order valence-corrected chi connectivity index (χ1v) is 5.68. The lowest BCUT2D eigenvalue weighted by molar-refractivity contribution is 0.721. The molecule has 17 heavy (non-hydrogen) atoms. The maximum atomic E-state index is 6.19. The standard InChI is InChI=1S/C14H17N3/c1-10-4-2-6-12(14(10)16)13(15)8-11-5-3-7-17-9-11/h2-7,9,13H,8,15-16H2,1H3. The molecule has 1 aromatic carbocycles. The Morgan fingerprint density at radius 1 is 1.24 bits per heavy atom. The van der Waals surface area contributed by atoms with Crippen LogP contribution in [0.2, 0.25) is 0 Å². The van der Waals surface area contributed by atoms with E-state index in [1.165, 1.54) is 0 Å². The second kappa shape index (κ2) is 4.97. The first kappa shape index (κ1) is 11.6. The van der Waals surface area contributed by atoms with Gasteiger partial charge in [-0.25, -0.2) is 0 Å². The molecule has 0 bridgehead atoms. The molecule has 0 fully saturated rings. The topological polar surface area (TPSA) is 64.9 Å². The summed E-state index contributed by atoms with van der Waals surface area (Å²) in [5.41, 5.74) is 16.2. The Kier molecular flexibility index (Phi) is 3.40. The Labute approximate surface area is 101 Å². The van der Waals surface area contributed by atoms with Gasteiger partial charge in [0.2, 0.25) is 0 Å². The number of nitrogens with zero attached hydrogens (tertiary/aromatic N) is 1. The zero-order valence-electron chi connectivity index (χ0n) is 9.93. The van der Waals surface area contributed by atoms with E-state index >= 15 is 0 Å². The van der Waals surface area contributed by atoms with Gasteiger partial charge in [-0.3, -0.25) is 4.98 Å². The van der Waals surface area contributed by atoms with E-state index in [0.29, 0.717) is 0 Å². The first-order valence-electron chi connectivity index (χ1n) is 5.68. The fraction of sp³-hybridized carbons (Fsp3) is 0.214. The number of hydrogen-bond acceptors (Lipinski definition) is 3. The number of benzene rings is 1. The third-order valence-corrected chi connectivity index (χ3v) is 2.94. The first-order chi connectivity index (χ1) is 8.18. The molecule has 88 valence electrons. The van der Waals surface area contributed by atoms with E-state index in [1.54, 1.807) is 6.20 Å². The van der Waals surface area contributed by atoms with Crippen LogP contribution in [0.15, 0.2) is 42.7 Å². The number of rotatable bonds is 3. The minimum atomic E-state index is -0.0842. The summed E-state index contributed by atoms with van der Waals surface area (Å²) in [6.07, 6.45) is 4.35. The Morgan fingerprint density at radius 2 is 2.06 bits per heavy atom. The van der Waals surface area contributed by atoms with E-state index in [9.17, 15) is 0 Å². The van der Waals surface area contributed by atoms with Crippen molar-refractivity contribution < 1.29 is 0 Å². The van der Waals surface area contributed by atoms with Gasteiger partial charge in [0, 0.05) is 24.1 Å². The van der Waals surface area contributed by atoms with E-state index in [2.05, 4.69) is 4.98 Å². The van der Waals surface area contributed by atoms with Gasteiger partial charge in [0.15, 0.2) is 0 Å². The number of anilines is 1. The van der Waals surface area contributed by atoms with Gasteiger partial charge >= 0.3 is 0 Å². The highest BCUT2D eigenvalue weighted by Gasteiger charge is 2.11. The average molecular weight is 227 g/mol. The summed E-state index contributed by atoms with van der Waals surface area (Å²) in [5.74, 6) is 0. The quantitative estimate of drug-likeness (QED) is 0.790. The van der Waals surface area contributed by atoms with Crippen LogP contribution in [0.1, 0.15) is 22.7 Å². The van der Waals surface area contributed by atoms with Gasteiger partial charge in [-0.05, 0) is 36.1 Å². The summed E-state index contributed by atoms with van der Waals surface area (Å²) in [6.45, 7) is 2.00. The van der Waals surface area contributed by atoms with Crippen molar-refractivity contribution in [2.45, 2.75) is 19.4 Å². The van der Waals surface area contributed by atoms with Crippen LogP contribution in [0.3, 0.4) is 0 Å². The molecule has 0 spiro atoms. The largest absolute Gasteiger partial charge is 0.398 e. The molecule has 0 saturated heterocycles. The minimum absolute atomic E-state index is 0.0842. The number of aryl methyl sites for hydroxylation is 1. The molecule has 3 heteroatoms. The highest BCUT2D eigenvalue weighted by molar-refractivity contribution is 5.54. The van der Waals surface area contributed by atoms with Crippen LogP contribution in [0.5, 0.6) is 0 Å². The van der Waals surface area contributed by atoms with Gasteiger partial charge in [-0.1, -0.05) is 24.3 Å². The molecule has 4 N–H and O–H groups in total. The van der Waals surface area contributed by atoms with Gasteiger partial charge < -0.3 is 11.5 Å². The molecule has 0 aliphatic rings. The molecular formula is C14H17N3. The minimum Gasteiger partial charge on any atom is -0.398 e. The summed E-state index contributed by atoms with van der Waals surface area (Å²) < 4.78 is 0. The van der Waals surface area contributed by atoms with Crippen LogP contribution >= 0.6 is 0 Å². The lowest BCUT2D eigenvalue weighted by Crippen LogP contribution is -2.15. The molecule has 3 nitrogen and oxygen atoms in total. The molecule has 0 aliphatic carbocycles. The molecule has 1 atom stereocenters. The number of nitrogen functional groups attached to an aromatic ring is 1. The Hall–Kier alpha value is -1.87. The fourth-order valence-electron chi connectivity index (χ4n) is 1.91. The number of hydrogen-bond donors (Lipinski definition) is 2. The van der Waals surface area contributed by atoms with E-state index in [0.717, 1.165) is 28.8 Å². The molecule has 0 radical (unpaired) electrons. The molecule has 2 aromatic rings. The SMILES string of the molecule is Cc1cccc(C(N)Cc2cccnc2)c1N. The van der Waals surface area contributed by atoms with Crippen molar-refractivity contribution in [2.24, 2.45) is 5.73 Å². The van der Waals surface area contributed by atoms with Crippen molar-refractivity contribution >= 4 is 5.69 Å². The molecule has 0 amide bonds. The van der Waals surface area contributed by atoms with Gasteiger partial charge in [-0.2, -0.15) is 0 Å². The maximum absolute atomic E-state index is 6.19. The van der Waals surface area contributed by atoms with E-state index in [-0.39, 0.29) is 6.04 Å². The summed E-state index contributed by atoms with van der Waals surface area (Å²) in [6, 6.07) is 9.84. The predicted octanol–water partition coefficient (Wildman–Crippen LogP) is 2.21. The Morgan fingerprint density at radius 3 is 2.76 bits per heavy atom. The monoisotopic (exact) mass is 227 g/mol. The van der Waals surface area contributed by atoms with Crippen LogP contribution in [0, 0.1) is 6.92 Å². The fourth-order valence-corrected chi connectivity index (χ4v) is 1.91. The van der Waals surface area contributed by atoms with Gasteiger partial charge in [0.25, 0.3) is 0 Å².